The lowest BCUT2D eigenvalue weighted by Gasteiger charge is -2.18. The SMILES string of the molecule is CC(=O)/C=C/c1c(N2C[C@H](O)[C@@H](CCO)O2)[nH]c(=O)[nH]c1=O. The van der Waals surface area contributed by atoms with Gasteiger partial charge in [0.15, 0.2) is 5.78 Å². The van der Waals surface area contributed by atoms with Crippen LogP contribution in [0.4, 0.5) is 5.82 Å². The second-order valence-electron chi connectivity index (χ2n) is 4.90. The molecule has 0 unspecified atom stereocenters. The van der Waals surface area contributed by atoms with Crippen LogP contribution in [-0.4, -0.2) is 51.3 Å². The van der Waals surface area contributed by atoms with Gasteiger partial charge in [0.05, 0.1) is 12.1 Å². The molecule has 9 heteroatoms. The van der Waals surface area contributed by atoms with E-state index >= 15 is 0 Å². The predicted octanol–water partition coefficient (Wildman–Crippen LogP) is -1.47. The van der Waals surface area contributed by atoms with Gasteiger partial charge in [-0.3, -0.25) is 24.4 Å². The highest BCUT2D eigenvalue weighted by Gasteiger charge is 2.34. The minimum atomic E-state index is -0.875. The molecule has 22 heavy (non-hydrogen) atoms. The highest BCUT2D eigenvalue weighted by molar-refractivity contribution is 5.92. The summed E-state index contributed by atoms with van der Waals surface area (Å²) in [6, 6.07) is 0. The van der Waals surface area contributed by atoms with Gasteiger partial charge in [0.2, 0.25) is 0 Å². The largest absolute Gasteiger partial charge is 0.396 e. The van der Waals surface area contributed by atoms with Crippen LogP contribution in [0.1, 0.15) is 18.9 Å². The molecule has 0 bridgehead atoms. The Kier molecular flexibility index (Phi) is 4.91. The molecule has 2 atom stereocenters. The number of nitrogens with one attached hydrogen (secondary N) is 2. The summed E-state index contributed by atoms with van der Waals surface area (Å²) in [5.41, 5.74) is -1.38. The van der Waals surface area contributed by atoms with Crippen molar-refractivity contribution in [1.82, 2.24) is 9.97 Å². The van der Waals surface area contributed by atoms with Gasteiger partial charge in [-0.2, -0.15) is 0 Å². The van der Waals surface area contributed by atoms with Crippen LogP contribution in [0.2, 0.25) is 0 Å². The molecule has 2 rings (SSSR count). The third kappa shape index (κ3) is 3.50. The van der Waals surface area contributed by atoms with Crippen molar-refractivity contribution in [3.63, 3.8) is 0 Å². The van der Waals surface area contributed by atoms with E-state index in [2.05, 4.69) is 9.97 Å². The monoisotopic (exact) mass is 311 g/mol. The molecule has 1 saturated heterocycles. The summed E-state index contributed by atoms with van der Waals surface area (Å²) in [5.74, 6) is -0.220. The zero-order chi connectivity index (χ0) is 16.3. The molecule has 0 amide bonds. The third-order valence-electron chi connectivity index (χ3n) is 3.15. The Hall–Kier alpha value is -2.23. The highest BCUT2D eigenvalue weighted by atomic mass is 16.7. The summed E-state index contributed by atoms with van der Waals surface area (Å²) >= 11 is 0. The second kappa shape index (κ2) is 6.69. The first-order chi connectivity index (χ1) is 10.4. The van der Waals surface area contributed by atoms with Crippen LogP contribution < -0.4 is 16.3 Å². The number of carbonyl (C=O) groups is 1. The molecule has 0 aromatic carbocycles. The van der Waals surface area contributed by atoms with Gasteiger partial charge in [0.1, 0.15) is 18.0 Å². The number of aliphatic hydroxyl groups excluding tert-OH is 2. The van der Waals surface area contributed by atoms with Gasteiger partial charge in [-0.15, -0.1) is 0 Å². The van der Waals surface area contributed by atoms with Crippen molar-refractivity contribution in [2.45, 2.75) is 25.6 Å². The molecular formula is C13H17N3O6. The van der Waals surface area contributed by atoms with E-state index in [1.807, 2.05) is 0 Å². The van der Waals surface area contributed by atoms with Crippen LogP contribution in [0.15, 0.2) is 15.7 Å². The smallest absolute Gasteiger partial charge is 0.327 e. The van der Waals surface area contributed by atoms with E-state index in [9.17, 15) is 19.5 Å². The number of anilines is 1. The van der Waals surface area contributed by atoms with Gasteiger partial charge in [0.25, 0.3) is 5.56 Å². The molecule has 0 saturated carbocycles. The average Bonchev–Trinajstić information content (AvgIpc) is 2.78. The number of ketones is 1. The summed E-state index contributed by atoms with van der Waals surface area (Å²) < 4.78 is 0. The highest BCUT2D eigenvalue weighted by Crippen LogP contribution is 2.24. The van der Waals surface area contributed by atoms with E-state index in [4.69, 9.17) is 9.94 Å². The third-order valence-corrected chi connectivity index (χ3v) is 3.15. The van der Waals surface area contributed by atoms with Crippen LogP contribution in [0, 0.1) is 0 Å². The first-order valence-corrected chi connectivity index (χ1v) is 6.71. The number of aliphatic hydroxyl groups is 2. The van der Waals surface area contributed by atoms with E-state index in [0.29, 0.717) is 0 Å². The van der Waals surface area contributed by atoms with Crippen LogP contribution in [0.25, 0.3) is 6.08 Å². The summed E-state index contributed by atoms with van der Waals surface area (Å²) in [5, 5.41) is 20.0. The van der Waals surface area contributed by atoms with Gasteiger partial charge in [-0.05, 0) is 19.1 Å². The Bertz CT molecular complexity index is 692. The van der Waals surface area contributed by atoms with Crippen molar-refractivity contribution < 1.29 is 19.8 Å². The number of hydroxylamine groups is 1. The first-order valence-electron chi connectivity index (χ1n) is 6.71. The Morgan fingerprint density at radius 2 is 2.18 bits per heavy atom. The molecule has 1 aliphatic heterocycles. The summed E-state index contributed by atoms with van der Waals surface area (Å²) in [6.45, 7) is 1.17. The fourth-order valence-corrected chi connectivity index (χ4v) is 2.12. The van der Waals surface area contributed by atoms with Gasteiger partial charge in [0, 0.05) is 13.0 Å². The molecule has 1 aromatic rings. The fourth-order valence-electron chi connectivity index (χ4n) is 2.12. The zero-order valence-electron chi connectivity index (χ0n) is 11.9. The normalized spacial score (nSPS) is 21.7. The maximum atomic E-state index is 11.9. The predicted molar refractivity (Wildman–Crippen MR) is 77.3 cm³/mol. The molecule has 1 aromatic heterocycles. The number of carbonyl (C=O) groups excluding carboxylic acids is 1. The summed E-state index contributed by atoms with van der Waals surface area (Å²) in [6.07, 6.45) is 1.15. The van der Waals surface area contributed by atoms with Crippen molar-refractivity contribution in [3.8, 4) is 0 Å². The van der Waals surface area contributed by atoms with E-state index in [1.54, 1.807) is 0 Å². The molecule has 0 spiro atoms. The lowest BCUT2D eigenvalue weighted by Crippen LogP contribution is -2.31. The molecule has 1 fully saturated rings. The van der Waals surface area contributed by atoms with Crippen molar-refractivity contribution >= 4 is 17.7 Å². The van der Waals surface area contributed by atoms with Crippen molar-refractivity contribution in [2.24, 2.45) is 0 Å². The minimum absolute atomic E-state index is 0.0188. The topological polar surface area (TPSA) is 136 Å². The zero-order valence-corrected chi connectivity index (χ0v) is 11.9. The second-order valence-corrected chi connectivity index (χ2v) is 4.90. The lowest BCUT2D eigenvalue weighted by atomic mass is 10.1. The van der Waals surface area contributed by atoms with E-state index in [0.717, 1.165) is 0 Å². The van der Waals surface area contributed by atoms with Gasteiger partial charge in [-0.25, -0.2) is 9.86 Å². The van der Waals surface area contributed by atoms with Crippen molar-refractivity contribution in [1.29, 1.82) is 0 Å². The number of hydrogen-bond donors (Lipinski definition) is 4. The average molecular weight is 311 g/mol. The molecule has 0 radical (unpaired) electrons. The fraction of sp³-hybridized carbons (Fsp3) is 0.462. The van der Waals surface area contributed by atoms with Crippen LogP contribution in [0.5, 0.6) is 0 Å². The maximum Gasteiger partial charge on any atom is 0.327 e. The Morgan fingerprint density at radius 3 is 2.82 bits per heavy atom. The number of β-amino-alcohol motifs (C(OH)–C–C–N with tert-alkyl or cyclic N) is 1. The standard InChI is InChI=1S/C13H17N3O6/c1-7(18)2-3-8-11(14-13(21)15-12(8)20)16-6-9(19)10(22-16)4-5-17/h2-3,9-10,17,19H,4-6H2,1H3,(H2,14,15,20,21)/b3-2+/t9-,10+/m0/s1. The Balaban J connectivity index is 2.40. The van der Waals surface area contributed by atoms with Crippen LogP contribution in [-0.2, 0) is 9.63 Å². The van der Waals surface area contributed by atoms with Crippen LogP contribution >= 0.6 is 0 Å². The Labute approximate surface area is 124 Å². The van der Waals surface area contributed by atoms with E-state index in [-0.39, 0.29) is 36.7 Å². The van der Waals surface area contributed by atoms with Crippen molar-refractivity contribution in [2.75, 3.05) is 18.2 Å². The molecule has 2 heterocycles. The van der Waals surface area contributed by atoms with Gasteiger partial charge < -0.3 is 10.2 Å². The van der Waals surface area contributed by atoms with Gasteiger partial charge in [-0.1, -0.05) is 0 Å². The number of rotatable bonds is 5. The molecule has 4 N–H and O–H groups in total. The van der Waals surface area contributed by atoms with Gasteiger partial charge >= 0.3 is 5.69 Å². The lowest BCUT2D eigenvalue weighted by molar-refractivity contribution is -0.112. The number of nitrogens with zero attached hydrogens (tertiary/aromatic N) is 1. The molecule has 120 valence electrons. The van der Waals surface area contributed by atoms with Crippen LogP contribution in [0.3, 0.4) is 0 Å². The first kappa shape index (κ1) is 16.1. The number of aromatic nitrogens is 2. The molecular weight excluding hydrogens is 294 g/mol. The quantitative estimate of drug-likeness (QED) is 0.487. The molecule has 1 aliphatic rings. The number of H-pyrrole nitrogens is 2. The summed E-state index contributed by atoms with van der Waals surface area (Å²) in [4.78, 5) is 44.3. The van der Waals surface area contributed by atoms with Crippen molar-refractivity contribution in [3.05, 3.63) is 32.5 Å². The molecule has 9 nitrogen and oxygen atoms in total. The number of aromatic amines is 2. The van der Waals surface area contributed by atoms with E-state index < -0.39 is 23.5 Å². The number of hydrogen-bond acceptors (Lipinski definition) is 7. The minimum Gasteiger partial charge on any atom is -0.396 e. The molecule has 0 aliphatic carbocycles. The maximum absolute atomic E-state index is 11.9. The summed E-state index contributed by atoms with van der Waals surface area (Å²) in [7, 11) is 0. The van der Waals surface area contributed by atoms with E-state index in [1.165, 1.54) is 24.1 Å². The Morgan fingerprint density at radius 1 is 1.45 bits per heavy atom. The number of allylic oxidation sites excluding steroid dienone is 1.